The van der Waals surface area contributed by atoms with Gasteiger partial charge in [0.1, 0.15) is 0 Å². The van der Waals surface area contributed by atoms with Crippen molar-refractivity contribution in [3.63, 3.8) is 0 Å². The van der Waals surface area contributed by atoms with Gasteiger partial charge in [0.15, 0.2) is 0 Å². The van der Waals surface area contributed by atoms with Gasteiger partial charge in [-0.05, 0) is 64.1 Å². The number of H-pyrrole nitrogens is 1. The highest BCUT2D eigenvalue weighted by atomic mass is 32.1. The third kappa shape index (κ3) is 3.42. The topological polar surface area (TPSA) is 36.1 Å². The Morgan fingerprint density at radius 3 is 2.86 bits per heavy atom. The van der Waals surface area contributed by atoms with E-state index in [1.165, 1.54) is 29.4 Å². The van der Waals surface area contributed by atoms with Gasteiger partial charge in [0.25, 0.3) is 0 Å². The number of hydrogen-bond donors (Lipinski definition) is 1. The van der Waals surface area contributed by atoms with Gasteiger partial charge in [0.05, 0.1) is 0 Å². The summed E-state index contributed by atoms with van der Waals surface area (Å²) in [6.45, 7) is 8.03. The van der Waals surface area contributed by atoms with Crippen LogP contribution in [0.4, 0.5) is 0 Å². The Balaban J connectivity index is 1.45. The van der Waals surface area contributed by atoms with E-state index in [0.717, 1.165) is 18.5 Å². The fraction of sp³-hybridized carbons (Fsp3) is 0.480. The molecule has 29 heavy (non-hydrogen) atoms. The number of rotatable bonds is 4. The number of carbonyl (C=O) groups is 1. The van der Waals surface area contributed by atoms with Gasteiger partial charge in [-0.3, -0.25) is 4.79 Å². The van der Waals surface area contributed by atoms with Gasteiger partial charge >= 0.3 is 0 Å². The lowest BCUT2D eigenvalue weighted by Gasteiger charge is -2.39. The molecule has 1 amide bonds. The van der Waals surface area contributed by atoms with Crippen molar-refractivity contribution in [1.82, 2.24) is 9.88 Å². The van der Waals surface area contributed by atoms with Crippen molar-refractivity contribution in [3.05, 3.63) is 58.4 Å². The highest BCUT2D eigenvalue weighted by molar-refractivity contribution is 7.08. The molecule has 0 radical (unpaired) electrons. The minimum Gasteiger partial charge on any atom is -0.361 e. The molecule has 2 aromatic heterocycles. The fourth-order valence-corrected chi connectivity index (χ4v) is 7.02. The standard InChI is InChI=1S/C25H30N2OS/c1-24(2)11-18-12-25(3,15-24)16-27(18)23(28)10-20(17-8-9-29-14-17)21-13-26-22-7-5-4-6-19(21)22/h4-9,13-14,18,20,26H,10-12,15-16H2,1-3H3. The number of hydrogen-bond acceptors (Lipinski definition) is 2. The molecule has 1 N–H and O–H groups in total. The molecule has 1 aliphatic carbocycles. The maximum atomic E-state index is 13.6. The van der Waals surface area contributed by atoms with E-state index in [2.05, 4.69) is 77.9 Å². The number of nitrogens with one attached hydrogen (secondary N) is 1. The Morgan fingerprint density at radius 1 is 1.24 bits per heavy atom. The molecule has 1 saturated carbocycles. The summed E-state index contributed by atoms with van der Waals surface area (Å²) >= 11 is 1.71. The van der Waals surface area contributed by atoms with Crippen molar-refractivity contribution in [2.24, 2.45) is 10.8 Å². The third-order valence-corrected chi connectivity index (χ3v) is 7.76. The number of carbonyl (C=O) groups excluding carboxylic acids is 1. The first-order valence-electron chi connectivity index (χ1n) is 10.7. The summed E-state index contributed by atoms with van der Waals surface area (Å²) in [7, 11) is 0. The van der Waals surface area contributed by atoms with E-state index in [1.54, 1.807) is 11.3 Å². The van der Waals surface area contributed by atoms with Gasteiger partial charge in [-0.2, -0.15) is 11.3 Å². The van der Waals surface area contributed by atoms with Gasteiger partial charge in [-0.1, -0.05) is 39.0 Å². The Morgan fingerprint density at radius 2 is 2.07 bits per heavy atom. The predicted molar refractivity (Wildman–Crippen MR) is 120 cm³/mol. The summed E-state index contributed by atoms with van der Waals surface area (Å²) in [5.74, 6) is 0.420. The second kappa shape index (κ2) is 6.73. The summed E-state index contributed by atoms with van der Waals surface area (Å²) in [5, 5.41) is 5.55. The predicted octanol–water partition coefficient (Wildman–Crippen LogP) is 6.18. The quantitative estimate of drug-likeness (QED) is 0.552. The monoisotopic (exact) mass is 406 g/mol. The number of thiophene rings is 1. The van der Waals surface area contributed by atoms with Crippen LogP contribution >= 0.6 is 11.3 Å². The fourth-order valence-electron chi connectivity index (χ4n) is 6.31. The van der Waals surface area contributed by atoms with Crippen LogP contribution in [-0.2, 0) is 4.79 Å². The van der Waals surface area contributed by atoms with Crippen LogP contribution < -0.4 is 0 Å². The molecule has 5 rings (SSSR count). The van der Waals surface area contributed by atoms with Crippen molar-refractivity contribution in [3.8, 4) is 0 Å². The second-order valence-electron chi connectivity index (χ2n) is 10.3. The van der Waals surface area contributed by atoms with E-state index in [0.29, 0.717) is 23.8 Å². The van der Waals surface area contributed by atoms with Crippen LogP contribution in [0.25, 0.3) is 10.9 Å². The number of aromatic amines is 1. The molecule has 0 spiro atoms. The van der Waals surface area contributed by atoms with E-state index in [4.69, 9.17) is 0 Å². The van der Waals surface area contributed by atoms with Crippen molar-refractivity contribution in [2.75, 3.05) is 6.54 Å². The summed E-state index contributed by atoms with van der Waals surface area (Å²) in [4.78, 5) is 19.2. The van der Waals surface area contributed by atoms with Crippen LogP contribution in [0.5, 0.6) is 0 Å². The number of fused-ring (bicyclic) bond motifs is 3. The van der Waals surface area contributed by atoms with Crippen molar-refractivity contribution < 1.29 is 4.79 Å². The molecule has 3 unspecified atom stereocenters. The number of amides is 1. The molecule has 4 heteroatoms. The number of nitrogens with zero attached hydrogens (tertiary/aromatic N) is 1. The zero-order valence-corrected chi connectivity index (χ0v) is 18.4. The van der Waals surface area contributed by atoms with Gasteiger partial charge < -0.3 is 9.88 Å². The van der Waals surface area contributed by atoms with Gasteiger partial charge in [0, 0.05) is 42.0 Å². The van der Waals surface area contributed by atoms with Crippen molar-refractivity contribution in [1.29, 1.82) is 0 Å². The highest BCUT2D eigenvalue weighted by Crippen LogP contribution is 2.53. The Hall–Kier alpha value is -2.07. The zero-order chi connectivity index (χ0) is 20.2. The van der Waals surface area contributed by atoms with Crippen LogP contribution in [-0.4, -0.2) is 28.4 Å². The lowest BCUT2D eigenvalue weighted by Crippen LogP contribution is -2.38. The number of likely N-dealkylation sites (tertiary alicyclic amines) is 1. The minimum absolute atomic E-state index is 0.103. The lowest BCUT2D eigenvalue weighted by atomic mass is 9.65. The van der Waals surface area contributed by atoms with E-state index in [1.807, 2.05) is 0 Å². The lowest BCUT2D eigenvalue weighted by molar-refractivity contribution is -0.132. The molecule has 2 fully saturated rings. The summed E-state index contributed by atoms with van der Waals surface area (Å²) in [6, 6.07) is 11.0. The van der Waals surface area contributed by atoms with Gasteiger partial charge in [0.2, 0.25) is 5.91 Å². The molecule has 3 heterocycles. The molecular formula is C25H30N2OS. The minimum atomic E-state index is 0.103. The van der Waals surface area contributed by atoms with Crippen LogP contribution in [0.2, 0.25) is 0 Å². The Bertz CT molecular complexity index is 1030. The summed E-state index contributed by atoms with van der Waals surface area (Å²) in [6.07, 6.45) is 6.16. The van der Waals surface area contributed by atoms with E-state index in [-0.39, 0.29) is 11.3 Å². The molecule has 2 aliphatic rings. The Labute approximate surface area is 177 Å². The molecule has 1 saturated heterocycles. The highest BCUT2D eigenvalue weighted by Gasteiger charge is 2.51. The van der Waals surface area contributed by atoms with Crippen molar-refractivity contribution in [2.45, 2.75) is 58.4 Å². The molecule has 3 atom stereocenters. The molecule has 1 aromatic carbocycles. The van der Waals surface area contributed by atoms with Crippen LogP contribution in [0, 0.1) is 10.8 Å². The third-order valence-electron chi connectivity index (χ3n) is 7.06. The first-order chi connectivity index (χ1) is 13.8. The first-order valence-corrected chi connectivity index (χ1v) is 11.7. The van der Waals surface area contributed by atoms with Gasteiger partial charge in [-0.25, -0.2) is 0 Å². The van der Waals surface area contributed by atoms with Crippen LogP contribution in [0.1, 0.15) is 63.5 Å². The Kier molecular flexibility index (Phi) is 4.39. The molecule has 152 valence electrons. The number of benzene rings is 1. The van der Waals surface area contributed by atoms with E-state index in [9.17, 15) is 4.79 Å². The molecule has 1 aliphatic heterocycles. The zero-order valence-electron chi connectivity index (χ0n) is 17.6. The number of aromatic nitrogens is 1. The average molecular weight is 407 g/mol. The van der Waals surface area contributed by atoms with Crippen molar-refractivity contribution >= 4 is 28.1 Å². The molecular weight excluding hydrogens is 376 g/mol. The molecule has 3 aromatic rings. The maximum absolute atomic E-state index is 13.6. The van der Waals surface area contributed by atoms with E-state index < -0.39 is 0 Å². The SMILES string of the molecule is CC1(C)CC2CC(C)(CN2C(=O)CC(c2ccsc2)c2c[nH]c3ccccc23)C1. The smallest absolute Gasteiger partial charge is 0.223 e. The second-order valence-corrected chi connectivity index (χ2v) is 11.1. The summed E-state index contributed by atoms with van der Waals surface area (Å²) in [5.41, 5.74) is 4.24. The van der Waals surface area contributed by atoms with Crippen LogP contribution in [0.15, 0.2) is 47.3 Å². The number of para-hydroxylation sites is 1. The first kappa shape index (κ1) is 18.9. The van der Waals surface area contributed by atoms with Gasteiger partial charge in [-0.15, -0.1) is 0 Å². The molecule has 2 bridgehead atoms. The van der Waals surface area contributed by atoms with Crippen LogP contribution in [0.3, 0.4) is 0 Å². The summed E-state index contributed by atoms with van der Waals surface area (Å²) < 4.78 is 0. The average Bonchev–Trinajstić information content (AvgIpc) is 3.36. The normalized spacial score (nSPS) is 26.7. The largest absolute Gasteiger partial charge is 0.361 e. The maximum Gasteiger partial charge on any atom is 0.223 e. The van der Waals surface area contributed by atoms with E-state index >= 15 is 0 Å². The molecule has 3 nitrogen and oxygen atoms in total.